The number of benzene rings is 8. The van der Waals surface area contributed by atoms with Gasteiger partial charge in [0, 0.05) is 38.4 Å². The van der Waals surface area contributed by atoms with Crippen LogP contribution in [0.15, 0.2) is 209 Å². The number of furan rings is 1. The number of hydrogen-bond donors (Lipinski definition) is 1. The molecule has 0 amide bonds. The maximum absolute atomic E-state index is 6.78. The molecule has 2 aromatic heterocycles. The second-order valence-electron chi connectivity index (χ2n) is 14.2. The van der Waals surface area contributed by atoms with Gasteiger partial charge in [-0.15, -0.1) is 0 Å². The summed E-state index contributed by atoms with van der Waals surface area (Å²) in [6, 6.07) is 67.8. The summed E-state index contributed by atoms with van der Waals surface area (Å²) in [4.78, 5) is 10.7. The van der Waals surface area contributed by atoms with E-state index in [9.17, 15) is 0 Å². The molecule has 264 valence electrons. The molecule has 0 spiro atoms. The second-order valence-corrected chi connectivity index (χ2v) is 14.2. The molecule has 0 radical (unpaired) electrons. The van der Waals surface area contributed by atoms with Crippen LogP contribution in [0.25, 0.3) is 71.7 Å². The van der Waals surface area contributed by atoms with Gasteiger partial charge in [0.05, 0.1) is 22.1 Å². The molecule has 5 nitrogen and oxygen atoms in total. The molecule has 3 heterocycles. The molecule has 11 rings (SSSR count). The van der Waals surface area contributed by atoms with E-state index in [1.807, 2.05) is 30.3 Å². The molecule has 0 saturated heterocycles. The maximum atomic E-state index is 6.78. The van der Waals surface area contributed by atoms with Crippen molar-refractivity contribution >= 4 is 55.4 Å². The zero-order valence-electron chi connectivity index (χ0n) is 30.3. The van der Waals surface area contributed by atoms with Crippen LogP contribution >= 0.6 is 0 Å². The molecule has 1 aliphatic rings. The van der Waals surface area contributed by atoms with E-state index in [4.69, 9.17) is 14.4 Å². The van der Waals surface area contributed by atoms with Crippen LogP contribution in [-0.4, -0.2) is 16.2 Å². The van der Waals surface area contributed by atoms with Gasteiger partial charge in [-0.2, -0.15) is 0 Å². The Kier molecular flexibility index (Phi) is 7.49. The van der Waals surface area contributed by atoms with E-state index in [1.165, 1.54) is 10.9 Å². The lowest BCUT2D eigenvalue weighted by Gasteiger charge is -2.24. The molecule has 56 heavy (non-hydrogen) atoms. The van der Waals surface area contributed by atoms with Crippen molar-refractivity contribution in [2.45, 2.75) is 6.17 Å². The standard InChI is InChI=1S/C51H34N4O/c1-4-15-33(16-5-1)34-27-29-37(30-28-34)50-52-49(36-19-8-3-9-20-36)53-51(54-50)41-22-11-13-26-44(41)55-43-25-12-10-21-39(43)40-31-32-45-46(47(40)55)42-24-14-23-38(48(42)56-45)35-17-6-2-7-18-35/h1-32,51H,(H,52,53,54). The maximum Gasteiger partial charge on any atom is 0.171 e. The predicted octanol–water partition coefficient (Wildman–Crippen LogP) is 12.5. The van der Waals surface area contributed by atoms with Gasteiger partial charge < -0.3 is 14.3 Å². The molecule has 0 fully saturated rings. The van der Waals surface area contributed by atoms with E-state index in [0.717, 1.165) is 89.1 Å². The Labute approximate surface area is 323 Å². The summed E-state index contributed by atoms with van der Waals surface area (Å²) < 4.78 is 9.18. The van der Waals surface area contributed by atoms with E-state index in [1.54, 1.807) is 0 Å². The van der Waals surface area contributed by atoms with Crippen molar-refractivity contribution in [2.24, 2.45) is 9.98 Å². The topological polar surface area (TPSA) is 54.8 Å². The smallest absolute Gasteiger partial charge is 0.171 e. The number of rotatable bonds is 6. The van der Waals surface area contributed by atoms with E-state index in [0.29, 0.717) is 0 Å². The van der Waals surface area contributed by atoms with Gasteiger partial charge >= 0.3 is 0 Å². The van der Waals surface area contributed by atoms with E-state index in [-0.39, 0.29) is 0 Å². The first-order valence-corrected chi connectivity index (χ1v) is 18.9. The van der Waals surface area contributed by atoms with Crippen LogP contribution < -0.4 is 5.32 Å². The summed E-state index contributed by atoms with van der Waals surface area (Å²) in [5.41, 5.74) is 12.5. The summed E-state index contributed by atoms with van der Waals surface area (Å²) in [7, 11) is 0. The first-order valence-electron chi connectivity index (χ1n) is 18.9. The average molecular weight is 719 g/mol. The van der Waals surface area contributed by atoms with E-state index >= 15 is 0 Å². The second kappa shape index (κ2) is 13.1. The number of nitrogens with zero attached hydrogens (tertiary/aromatic N) is 3. The average Bonchev–Trinajstić information content (AvgIpc) is 3.83. The minimum absolute atomic E-state index is 0.521. The molecule has 0 aliphatic carbocycles. The Morgan fingerprint density at radius 3 is 1.77 bits per heavy atom. The van der Waals surface area contributed by atoms with Gasteiger partial charge in [-0.25, -0.2) is 9.98 Å². The van der Waals surface area contributed by atoms with Crippen molar-refractivity contribution in [1.82, 2.24) is 9.88 Å². The number of aliphatic imine (C=N–C) groups is 2. The Morgan fingerprint density at radius 2 is 1.02 bits per heavy atom. The largest absolute Gasteiger partial charge is 0.455 e. The van der Waals surface area contributed by atoms with Crippen LogP contribution in [0.1, 0.15) is 22.9 Å². The van der Waals surface area contributed by atoms with Crippen LogP contribution in [0, 0.1) is 0 Å². The van der Waals surface area contributed by atoms with Crippen molar-refractivity contribution in [3.8, 4) is 27.9 Å². The van der Waals surface area contributed by atoms with Gasteiger partial charge in [-0.1, -0.05) is 170 Å². The molecule has 1 unspecified atom stereocenters. The molecule has 5 heteroatoms. The highest BCUT2D eigenvalue weighted by molar-refractivity contribution is 6.25. The molecule has 1 aliphatic heterocycles. The Balaban J connectivity index is 1.14. The lowest BCUT2D eigenvalue weighted by Crippen LogP contribution is -2.36. The quantitative estimate of drug-likeness (QED) is 0.186. The molecule has 0 bridgehead atoms. The highest BCUT2D eigenvalue weighted by atomic mass is 16.3. The molecule has 1 N–H and O–H groups in total. The molecule has 0 saturated carbocycles. The summed E-state index contributed by atoms with van der Waals surface area (Å²) in [6.45, 7) is 0. The number of amidine groups is 2. The summed E-state index contributed by atoms with van der Waals surface area (Å²) in [6.07, 6.45) is -0.521. The summed E-state index contributed by atoms with van der Waals surface area (Å²) in [5, 5.41) is 8.11. The van der Waals surface area contributed by atoms with Crippen LogP contribution in [0.2, 0.25) is 0 Å². The minimum Gasteiger partial charge on any atom is -0.455 e. The summed E-state index contributed by atoms with van der Waals surface area (Å²) in [5.74, 6) is 1.55. The van der Waals surface area contributed by atoms with Gasteiger partial charge in [-0.3, -0.25) is 0 Å². The first-order chi connectivity index (χ1) is 27.8. The normalized spacial score (nSPS) is 14.2. The van der Waals surface area contributed by atoms with Crippen molar-refractivity contribution < 1.29 is 4.42 Å². The van der Waals surface area contributed by atoms with Crippen LogP contribution in [0.3, 0.4) is 0 Å². The number of fused-ring (bicyclic) bond motifs is 7. The van der Waals surface area contributed by atoms with Crippen molar-refractivity contribution in [3.05, 3.63) is 211 Å². The zero-order valence-corrected chi connectivity index (χ0v) is 30.3. The van der Waals surface area contributed by atoms with Gasteiger partial charge in [0.25, 0.3) is 0 Å². The highest BCUT2D eigenvalue weighted by Gasteiger charge is 2.26. The number of nitrogens with one attached hydrogen (secondary N) is 1. The van der Waals surface area contributed by atoms with Gasteiger partial charge in [0.15, 0.2) is 6.17 Å². The third kappa shape index (κ3) is 5.24. The Morgan fingerprint density at radius 1 is 0.446 bits per heavy atom. The molecular weight excluding hydrogens is 685 g/mol. The highest BCUT2D eigenvalue weighted by Crippen LogP contribution is 2.44. The minimum atomic E-state index is -0.521. The van der Waals surface area contributed by atoms with Gasteiger partial charge in [0.2, 0.25) is 0 Å². The van der Waals surface area contributed by atoms with Crippen LogP contribution in [0.4, 0.5) is 0 Å². The SMILES string of the molecule is c1ccc(C2=NC(c3ccccc3-n3c4ccccc4c4ccc5oc6c(-c7ccccc7)cccc6c5c43)N=C(c3ccc(-c4ccccc4)cc3)N2)cc1. The number of hydrogen-bond acceptors (Lipinski definition) is 4. The lowest BCUT2D eigenvalue weighted by atomic mass is 10.0. The van der Waals surface area contributed by atoms with E-state index < -0.39 is 6.17 Å². The fraction of sp³-hybridized carbons (Fsp3) is 0.0196. The zero-order chi connectivity index (χ0) is 37.0. The number of aromatic nitrogens is 1. The fourth-order valence-electron chi connectivity index (χ4n) is 8.27. The monoisotopic (exact) mass is 718 g/mol. The van der Waals surface area contributed by atoms with Crippen molar-refractivity contribution in [3.63, 3.8) is 0 Å². The van der Waals surface area contributed by atoms with Gasteiger partial charge in [0.1, 0.15) is 22.8 Å². The third-order valence-corrected chi connectivity index (χ3v) is 10.9. The molecular formula is C51H34N4O. The van der Waals surface area contributed by atoms with Crippen LogP contribution in [0.5, 0.6) is 0 Å². The molecule has 10 aromatic rings. The fourth-order valence-corrected chi connectivity index (χ4v) is 8.27. The van der Waals surface area contributed by atoms with Gasteiger partial charge in [-0.05, 0) is 41.0 Å². The Hall–Kier alpha value is -7.50. The summed E-state index contributed by atoms with van der Waals surface area (Å²) >= 11 is 0. The third-order valence-electron chi connectivity index (χ3n) is 10.9. The van der Waals surface area contributed by atoms with Crippen molar-refractivity contribution in [1.29, 1.82) is 0 Å². The Bertz CT molecular complexity index is 3140. The van der Waals surface area contributed by atoms with Crippen molar-refractivity contribution in [2.75, 3.05) is 0 Å². The predicted molar refractivity (Wildman–Crippen MR) is 231 cm³/mol. The first kappa shape index (κ1) is 32.0. The van der Waals surface area contributed by atoms with E-state index in [2.05, 4.69) is 174 Å². The molecule has 8 aromatic carbocycles. The lowest BCUT2D eigenvalue weighted by molar-refractivity contribution is 0.670. The molecule has 1 atom stereocenters. The van der Waals surface area contributed by atoms with Crippen LogP contribution in [-0.2, 0) is 0 Å². The number of para-hydroxylation sites is 3.